The monoisotopic (exact) mass is 298 g/mol. The third kappa shape index (κ3) is 1.75. The van der Waals surface area contributed by atoms with Crippen LogP contribution in [0.4, 0.5) is 0 Å². The van der Waals surface area contributed by atoms with Crippen molar-refractivity contribution in [2.75, 3.05) is 7.11 Å². The fraction of sp³-hybridized carbons (Fsp3) is 0.462. The number of carbonyl (C=O) groups is 1. The van der Waals surface area contributed by atoms with E-state index in [-0.39, 0.29) is 0 Å². The molecule has 1 aliphatic rings. The predicted octanol–water partition coefficient (Wildman–Crippen LogP) is 3.27. The van der Waals surface area contributed by atoms with Gasteiger partial charge in [0, 0.05) is 10.0 Å². The van der Waals surface area contributed by atoms with Crippen LogP contribution in [0.15, 0.2) is 16.6 Å². The number of rotatable bonds is 3. The summed E-state index contributed by atoms with van der Waals surface area (Å²) in [5.41, 5.74) is 0.993. The predicted molar refractivity (Wildman–Crippen MR) is 68.6 cm³/mol. The summed E-state index contributed by atoms with van der Waals surface area (Å²) in [4.78, 5) is 11.6. The second-order valence-corrected chi connectivity index (χ2v) is 5.37. The van der Waals surface area contributed by atoms with Gasteiger partial charge in [-0.3, -0.25) is 4.79 Å². The number of halogens is 1. The molecular weight excluding hydrogens is 284 g/mol. The van der Waals surface area contributed by atoms with E-state index >= 15 is 0 Å². The summed E-state index contributed by atoms with van der Waals surface area (Å²) >= 11 is 3.46. The topological polar surface area (TPSA) is 46.5 Å². The molecule has 0 aromatic heterocycles. The van der Waals surface area contributed by atoms with E-state index in [1.165, 1.54) is 0 Å². The van der Waals surface area contributed by atoms with Gasteiger partial charge in [0.05, 0.1) is 12.5 Å². The number of ether oxygens (including phenoxy) is 1. The van der Waals surface area contributed by atoms with Crippen molar-refractivity contribution in [3.8, 4) is 5.75 Å². The fourth-order valence-electron chi connectivity index (χ4n) is 2.47. The smallest absolute Gasteiger partial charge is 0.314 e. The van der Waals surface area contributed by atoms with Crippen LogP contribution >= 0.6 is 15.9 Å². The summed E-state index contributed by atoms with van der Waals surface area (Å²) in [5, 5.41) is 9.50. The molecule has 4 heteroatoms. The Morgan fingerprint density at radius 3 is 2.53 bits per heavy atom. The normalized spacial score (nSPS) is 17.4. The Balaban J connectivity index is 2.65. The molecule has 1 fully saturated rings. The van der Waals surface area contributed by atoms with Gasteiger partial charge >= 0.3 is 5.97 Å². The van der Waals surface area contributed by atoms with Crippen molar-refractivity contribution in [3.63, 3.8) is 0 Å². The Bertz CT molecular complexity index is 464. The van der Waals surface area contributed by atoms with E-state index in [1.54, 1.807) is 7.11 Å². The lowest BCUT2D eigenvalue weighted by Gasteiger charge is -2.39. The highest BCUT2D eigenvalue weighted by Gasteiger charge is 2.49. The molecule has 0 radical (unpaired) electrons. The van der Waals surface area contributed by atoms with Crippen LogP contribution in [0, 0.1) is 6.92 Å². The van der Waals surface area contributed by atoms with E-state index in [4.69, 9.17) is 4.74 Å². The van der Waals surface area contributed by atoms with Crippen LogP contribution in [0.5, 0.6) is 5.75 Å². The quantitative estimate of drug-likeness (QED) is 0.931. The molecule has 1 aliphatic carbocycles. The average Bonchev–Trinajstić information content (AvgIpc) is 2.21. The van der Waals surface area contributed by atoms with Crippen LogP contribution in [-0.2, 0) is 10.2 Å². The van der Waals surface area contributed by atoms with Crippen molar-refractivity contribution < 1.29 is 14.6 Å². The first-order valence-corrected chi connectivity index (χ1v) is 6.39. The largest absolute Gasteiger partial charge is 0.496 e. The van der Waals surface area contributed by atoms with Gasteiger partial charge in [-0.15, -0.1) is 0 Å². The number of aryl methyl sites for hydroxylation is 1. The van der Waals surface area contributed by atoms with Crippen molar-refractivity contribution in [2.45, 2.75) is 31.6 Å². The lowest BCUT2D eigenvalue weighted by atomic mass is 9.64. The zero-order valence-corrected chi connectivity index (χ0v) is 11.5. The summed E-state index contributed by atoms with van der Waals surface area (Å²) < 4.78 is 6.22. The van der Waals surface area contributed by atoms with Gasteiger partial charge < -0.3 is 9.84 Å². The first-order valence-electron chi connectivity index (χ1n) is 5.60. The minimum absolute atomic E-state index is 0.681. The molecule has 1 saturated carbocycles. The van der Waals surface area contributed by atoms with Gasteiger partial charge in [-0.1, -0.05) is 28.4 Å². The first-order chi connectivity index (χ1) is 8.03. The average molecular weight is 299 g/mol. The third-order valence-electron chi connectivity index (χ3n) is 3.60. The molecular formula is C13H15BrO3. The number of carboxylic acid groups (broad SMARTS) is 1. The molecule has 0 spiro atoms. The second kappa shape index (κ2) is 4.33. The minimum Gasteiger partial charge on any atom is -0.496 e. The Labute approximate surface area is 109 Å². The molecule has 0 saturated heterocycles. The van der Waals surface area contributed by atoms with E-state index in [2.05, 4.69) is 15.9 Å². The van der Waals surface area contributed by atoms with Crippen molar-refractivity contribution in [3.05, 3.63) is 27.7 Å². The Kier molecular flexibility index (Phi) is 3.17. The maximum Gasteiger partial charge on any atom is 0.314 e. The molecule has 0 heterocycles. The van der Waals surface area contributed by atoms with Crippen molar-refractivity contribution >= 4 is 21.9 Å². The van der Waals surface area contributed by atoms with E-state index in [1.807, 2.05) is 19.1 Å². The molecule has 0 atom stereocenters. The van der Waals surface area contributed by atoms with E-state index in [0.29, 0.717) is 18.6 Å². The number of hydrogen-bond acceptors (Lipinski definition) is 2. The van der Waals surface area contributed by atoms with Gasteiger partial charge in [0.1, 0.15) is 5.75 Å². The van der Waals surface area contributed by atoms with Gasteiger partial charge in [0.2, 0.25) is 0 Å². The van der Waals surface area contributed by atoms with Crippen LogP contribution < -0.4 is 4.74 Å². The second-order valence-electron chi connectivity index (χ2n) is 4.51. The highest BCUT2D eigenvalue weighted by atomic mass is 79.9. The molecule has 17 heavy (non-hydrogen) atoms. The van der Waals surface area contributed by atoms with Crippen molar-refractivity contribution in [1.82, 2.24) is 0 Å². The molecule has 3 nitrogen and oxygen atoms in total. The van der Waals surface area contributed by atoms with E-state index in [0.717, 1.165) is 22.0 Å². The Hall–Kier alpha value is -1.03. The molecule has 2 rings (SSSR count). The fourth-order valence-corrected chi connectivity index (χ4v) is 3.16. The standard InChI is InChI=1S/C13H15BrO3/c1-8-4-5-9(14)10(11(8)17-2)13(12(15)16)6-3-7-13/h4-5H,3,6-7H2,1-2H3,(H,15,16). The molecule has 92 valence electrons. The zero-order valence-electron chi connectivity index (χ0n) is 9.92. The first kappa shape index (κ1) is 12.4. The van der Waals surface area contributed by atoms with Gasteiger partial charge in [0.25, 0.3) is 0 Å². The number of carboxylic acids is 1. The summed E-state index contributed by atoms with van der Waals surface area (Å²) in [6, 6.07) is 3.83. The van der Waals surface area contributed by atoms with Crippen LogP contribution in [0.1, 0.15) is 30.4 Å². The summed E-state index contributed by atoms with van der Waals surface area (Å²) in [5.74, 6) is -0.0603. The molecule has 0 amide bonds. The van der Waals surface area contributed by atoms with E-state index in [9.17, 15) is 9.90 Å². The number of hydrogen-bond donors (Lipinski definition) is 1. The maximum absolute atomic E-state index is 11.6. The summed E-state index contributed by atoms with van der Waals surface area (Å²) in [6.07, 6.45) is 2.32. The maximum atomic E-state index is 11.6. The summed E-state index contributed by atoms with van der Waals surface area (Å²) in [6.45, 7) is 1.93. The van der Waals surface area contributed by atoms with Crippen LogP contribution in [0.25, 0.3) is 0 Å². The van der Waals surface area contributed by atoms with Crippen LogP contribution in [0.2, 0.25) is 0 Å². The molecule has 1 aromatic carbocycles. The van der Waals surface area contributed by atoms with Gasteiger partial charge in [-0.2, -0.15) is 0 Å². The number of methoxy groups -OCH3 is 1. The SMILES string of the molecule is COc1c(C)ccc(Br)c1C1(C(=O)O)CCC1. The van der Waals surface area contributed by atoms with Crippen LogP contribution in [0.3, 0.4) is 0 Å². The lowest BCUT2D eigenvalue weighted by Crippen LogP contribution is -2.43. The number of benzene rings is 1. The lowest BCUT2D eigenvalue weighted by molar-refractivity contribution is -0.147. The highest BCUT2D eigenvalue weighted by Crippen LogP contribution is 2.50. The van der Waals surface area contributed by atoms with Gasteiger partial charge in [-0.25, -0.2) is 0 Å². The molecule has 1 N–H and O–H groups in total. The molecule has 0 bridgehead atoms. The third-order valence-corrected chi connectivity index (χ3v) is 4.26. The van der Waals surface area contributed by atoms with Gasteiger partial charge in [-0.05, 0) is 31.4 Å². The Morgan fingerprint density at radius 2 is 2.12 bits per heavy atom. The summed E-state index contributed by atoms with van der Waals surface area (Å²) in [7, 11) is 1.59. The minimum atomic E-state index is -0.768. The molecule has 0 aliphatic heterocycles. The highest BCUT2D eigenvalue weighted by molar-refractivity contribution is 9.10. The van der Waals surface area contributed by atoms with Crippen LogP contribution in [-0.4, -0.2) is 18.2 Å². The van der Waals surface area contributed by atoms with E-state index < -0.39 is 11.4 Å². The Morgan fingerprint density at radius 1 is 1.47 bits per heavy atom. The molecule has 0 unspecified atom stereocenters. The van der Waals surface area contributed by atoms with Crippen molar-refractivity contribution in [1.29, 1.82) is 0 Å². The zero-order chi connectivity index (χ0) is 12.6. The number of aliphatic carboxylic acids is 1. The van der Waals surface area contributed by atoms with Gasteiger partial charge in [0.15, 0.2) is 0 Å². The van der Waals surface area contributed by atoms with Crippen molar-refractivity contribution in [2.24, 2.45) is 0 Å². The molecule has 1 aromatic rings.